The van der Waals surface area contributed by atoms with E-state index in [1.807, 2.05) is 0 Å². The molecule has 2 unspecified atom stereocenters. The summed E-state index contributed by atoms with van der Waals surface area (Å²) in [4.78, 5) is 0. The van der Waals surface area contributed by atoms with Gasteiger partial charge in [0, 0.05) is 0 Å². The lowest BCUT2D eigenvalue weighted by atomic mass is 9.86. The first kappa shape index (κ1) is 16.4. The van der Waals surface area contributed by atoms with Gasteiger partial charge in [-0.05, 0) is 24.2 Å². The topological polar surface area (TPSA) is 0 Å². The molecule has 0 fully saturated rings. The van der Waals surface area contributed by atoms with Crippen LogP contribution in [0.3, 0.4) is 0 Å². The molecule has 88 valence electrons. The van der Waals surface area contributed by atoms with Gasteiger partial charge in [0.15, 0.2) is 0 Å². The third kappa shape index (κ3) is 12.0. The minimum Gasteiger partial charge on any atom is -0.0656 e. The lowest BCUT2D eigenvalue weighted by Crippen LogP contribution is -2.10. The molecule has 0 heteroatoms. The summed E-state index contributed by atoms with van der Waals surface area (Å²) in [6, 6.07) is 0. The molecule has 0 heterocycles. The van der Waals surface area contributed by atoms with E-state index in [0.29, 0.717) is 0 Å². The number of hydrogen-bond acceptors (Lipinski definition) is 0. The molecule has 0 saturated carbocycles. The van der Waals surface area contributed by atoms with E-state index in [-0.39, 0.29) is 0 Å². The molecule has 0 aromatic rings. The molecule has 0 aromatic carbocycles. The zero-order valence-electron chi connectivity index (χ0n) is 11.6. The summed E-state index contributed by atoms with van der Waals surface area (Å²) < 4.78 is 0. The average molecular weight is 200 g/mol. The average Bonchev–Trinajstić information content (AvgIpc) is 2.04. The van der Waals surface area contributed by atoms with E-state index < -0.39 is 0 Å². The van der Waals surface area contributed by atoms with Crippen molar-refractivity contribution >= 4 is 0 Å². The Morgan fingerprint density at radius 1 is 0.786 bits per heavy atom. The molecule has 0 aromatic heterocycles. The van der Waals surface area contributed by atoms with Crippen molar-refractivity contribution in [3.05, 3.63) is 0 Å². The standard InChI is InChI=1S/C11H24.C3H8/c1-6-7-10(4)11(5)8-9(2)3;1-3-2/h9-11H,6-8H2,1-5H3;3H2,1-2H3. The monoisotopic (exact) mass is 200 g/mol. The first-order valence-electron chi connectivity index (χ1n) is 6.49. The molecular weight excluding hydrogens is 168 g/mol. The maximum Gasteiger partial charge on any atom is -0.0415 e. The van der Waals surface area contributed by atoms with Crippen molar-refractivity contribution in [1.29, 1.82) is 0 Å². The van der Waals surface area contributed by atoms with E-state index in [9.17, 15) is 0 Å². The molecule has 0 aliphatic heterocycles. The Morgan fingerprint density at radius 3 is 1.50 bits per heavy atom. The second-order valence-corrected chi connectivity index (χ2v) is 5.08. The summed E-state index contributed by atoms with van der Waals surface area (Å²) in [5.41, 5.74) is 0. The molecule has 0 spiro atoms. The molecule has 0 N–H and O–H groups in total. The Kier molecular flexibility index (Phi) is 13.0. The summed E-state index contributed by atoms with van der Waals surface area (Å²) in [5.74, 6) is 2.70. The van der Waals surface area contributed by atoms with Crippen molar-refractivity contribution in [3.8, 4) is 0 Å². The normalized spacial score (nSPS) is 14.6. The van der Waals surface area contributed by atoms with Crippen LogP contribution in [0.15, 0.2) is 0 Å². The molecule has 0 aliphatic rings. The van der Waals surface area contributed by atoms with Crippen molar-refractivity contribution in [1.82, 2.24) is 0 Å². The Labute approximate surface area is 92.5 Å². The van der Waals surface area contributed by atoms with Crippen molar-refractivity contribution < 1.29 is 0 Å². The highest BCUT2D eigenvalue weighted by atomic mass is 14.2. The molecule has 14 heavy (non-hydrogen) atoms. The van der Waals surface area contributed by atoms with Gasteiger partial charge in [-0.2, -0.15) is 0 Å². The molecular formula is C14H32. The van der Waals surface area contributed by atoms with Gasteiger partial charge in [0.1, 0.15) is 0 Å². The van der Waals surface area contributed by atoms with E-state index in [4.69, 9.17) is 0 Å². The van der Waals surface area contributed by atoms with Gasteiger partial charge in [-0.15, -0.1) is 0 Å². The molecule has 0 rings (SSSR count). The van der Waals surface area contributed by atoms with Crippen LogP contribution < -0.4 is 0 Å². The Morgan fingerprint density at radius 2 is 1.21 bits per heavy atom. The van der Waals surface area contributed by atoms with Crippen LogP contribution in [0.4, 0.5) is 0 Å². The van der Waals surface area contributed by atoms with Crippen LogP contribution in [0.1, 0.15) is 74.1 Å². The van der Waals surface area contributed by atoms with Crippen LogP contribution in [0.2, 0.25) is 0 Å². The maximum atomic E-state index is 2.39. The lowest BCUT2D eigenvalue weighted by Gasteiger charge is -2.20. The maximum absolute atomic E-state index is 2.39. The van der Waals surface area contributed by atoms with Crippen molar-refractivity contribution in [2.75, 3.05) is 0 Å². The zero-order valence-corrected chi connectivity index (χ0v) is 11.6. The van der Waals surface area contributed by atoms with Crippen LogP contribution in [0.25, 0.3) is 0 Å². The van der Waals surface area contributed by atoms with Gasteiger partial charge in [-0.25, -0.2) is 0 Å². The fourth-order valence-corrected chi connectivity index (χ4v) is 1.72. The molecule has 0 nitrogen and oxygen atoms in total. The first-order chi connectivity index (χ1) is 6.49. The van der Waals surface area contributed by atoms with Crippen molar-refractivity contribution in [2.24, 2.45) is 17.8 Å². The predicted octanol–water partition coefficient (Wildman–Crippen LogP) is 5.52. The van der Waals surface area contributed by atoms with E-state index >= 15 is 0 Å². The first-order valence-corrected chi connectivity index (χ1v) is 6.49. The number of hydrogen-bond donors (Lipinski definition) is 0. The largest absolute Gasteiger partial charge is 0.0656 e. The number of rotatable bonds is 5. The van der Waals surface area contributed by atoms with Gasteiger partial charge in [0.05, 0.1) is 0 Å². The summed E-state index contributed by atoms with van der Waals surface area (Å²) in [7, 11) is 0. The lowest BCUT2D eigenvalue weighted by molar-refractivity contribution is 0.306. The third-order valence-electron chi connectivity index (χ3n) is 2.56. The SMILES string of the molecule is CCC.CCCC(C)C(C)CC(C)C. The summed E-state index contributed by atoms with van der Waals surface area (Å²) in [6.45, 7) is 15.9. The summed E-state index contributed by atoms with van der Waals surface area (Å²) in [5, 5.41) is 0. The minimum atomic E-state index is 0.865. The molecule has 0 bridgehead atoms. The highest BCUT2D eigenvalue weighted by Gasteiger charge is 2.11. The van der Waals surface area contributed by atoms with E-state index in [2.05, 4.69) is 48.5 Å². The van der Waals surface area contributed by atoms with Gasteiger partial charge in [0.2, 0.25) is 0 Å². The minimum absolute atomic E-state index is 0.865. The smallest absolute Gasteiger partial charge is 0.0415 e. The highest BCUT2D eigenvalue weighted by Crippen LogP contribution is 2.23. The van der Waals surface area contributed by atoms with Crippen molar-refractivity contribution in [2.45, 2.75) is 74.1 Å². The molecule has 0 aliphatic carbocycles. The van der Waals surface area contributed by atoms with Gasteiger partial charge < -0.3 is 0 Å². The van der Waals surface area contributed by atoms with Crippen LogP contribution in [0.5, 0.6) is 0 Å². The van der Waals surface area contributed by atoms with E-state index in [0.717, 1.165) is 17.8 Å². The van der Waals surface area contributed by atoms with Crippen LogP contribution in [-0.4, -0.2) is 0 Å². The van der Waals surface area contributed by atoms with E-state index in [1.54, 1.807) is 0 Å². The van der Waals surface area contributed by atoms with Crippen LogP contribution >= 0.6 is 0 Å². The predicted molar refractivity (Wildman–Crippen MR) is 68.7 cm³/mol. The van der Waals surface area contributed by atoms with E-state index in [1.165, 1.54) is 25.7 Å². The second-order valence-electron chi connectivity index (χ2n) is 5.08. The van der Waals surface area contributed by atoms with Crippen molar-refractivity contribution in [3.63, 3.8) is 0 Å². The Bertz CT molecular complexity index is 94.2. The quantitative estimate of drug-likeness (QED) is 0.548. The highest BCUT2D eigenvalue weighted by molar-refractivity contribution is 4.63. The van der Waals surface area contributed by atoms with Crippen LogP contribution in [0, 0.1) is 17.8 Å². The third-order valence-corrected chi connectivity index (χ3v) is 2.56. The van der Waals surface area contributed by atoms with Crippen LogP contribution in [-0.2, 0) is 0 Å². The summed E-state index contributed by atoms with van der Waals surface area (Å²) in [6.07, 6.45) is 5.37. The fraction of sp³-hybridized carbons (Fsp3) is 1.00. The zero-order chi connectivity index (χ0) is 11.6. The molecule has 0 amide bonds. The molecule has 0 radical (unpaired) electrons. The fourth-order valence-electron chi connectivity index (χ4n) is 1.72. The van der Waals surface area contributed by atoms with Gasteiger partial charge in [-0.1, -0.05) is 67.7 Å². The second kappa shape index (κ2) is 11.1. The van der Waals surface area contributed by atoms with Gasteiger partial charge in [0.25, 0.3) is 0 Å². The Balaban J connectivity index is 0. The Hall–Kier alpha value is 0. The van der Waals surface area contributed by atoms with Gasteiger partial charge >= 0.3 is 0 Å². The summed E-state index contributed by atoms with van der Waals surface area (Å²) >= 11 is 0. The van der Waals surface area contributed by atoms with Gasteiger partial charge in [-0.3, -0.25) is 0 Å². The molecule has 0 saturated heterocycles. The molecule has 2 atom stereocenters.